The average molecular weight is 194 g/mol. The lowest BCUT2D eigenvalue weighted by molar-refractivity contribution is 0.0931. The minimum Gasteiger partial charge on any atom is -0.382 e. The molecule has 2 rings (SSSR count). The van der Waals surface area contributed by atoms with E-state index in [-0.39, 0.29) is 11.9 Å². The first-order valence-electron chi connectivity index (χ1n) is 4.78. The standard InChI is InChI=1S/C9H14N4O/c1-5(6-2-3-6)11-9(14)7-4-8(10)13-12-7/h4-6H,2-3H2,1H3,(H,11,14)(H3,10,12,13). The third kappa shape index (κ3) is 1.86. The largest absolute Gasteiger partial charge is 0.382 e. The molecule has 1 aliphatic carbocycles. The summed E-state index contributed by atoms with van der Waals surface area (Å²) < 4.78 is 0. The van der Waals surface area contributed by atoms with Gasteiger partial charge in [-0.3, -0.25) is 9.89 Å². The maximum absolute atomic E-state index is 11.6. The van der Waals surface area contributed by atoms with Gasteiger partial charge in [-0.05, 0) is 25.7 Å². The Morgan fingerprint density at radius 3 is 3.00 bits per heavy atom. The summed E-state index contributed by atoms with van der Waals surface area (Å²) in [4.78, 5) is 11.6. The molecule has 1 unspecified atom stereocenters. The van der Waals surface area contributed by atoms with Crippen LogP contribution in [0, 0.1) is 5.92 Å². The van der Waals surface area contributed by atoms with E-state index in [1.165, 1.54) is 18.9 Å². The Balaban J connectivity index is 1.94. The van der Waals surface area contributed by atoms with Crippen LogP contribution in [0.4, 0.5) is 5.82 Å². The predicted molar refractivity (Wildman–Crippen MR) is 52.7 cm³/mol. The predicted octanol–water partition coefficient (Wildman–Crippen LogP) is 0.520. The summed E-state index contributed by atoms with van der Waals surface area (Å²) in [7, 11) is 0. The van der Waals surface area contributed by atoms with Gasteiger partial charge in [0.15, 0.2) is 0 Å². The quantitative estimate of drug-likeness (QED) is 0.656. The van der Waals surface area contributed by atoms with Gasteiger partial charge in [-0.1, -0.05) is 0 Å². The molecule has 0 saturated heterocycles. The Kier molecular flexibility index (Phi) is 2.15. The fourth-order valence-corrected chi connectivity index (χ4v) is 1.45. The normalized spacial score (nSPS) is 17.8. The number of carbonyl (C=O) groups is 1. The summed E-state index contributed by atoms with van der Waals surface area (Å²) in [5.74, 6) is 0.863. The van der Waals surface area contributed by atoms with E-state index in [1.54, 1.807) is 0 Å². The van der Waals surface area contributed by atoms with Crippen LogP contribution in [0.3, 0.4) is 0 Å². The summed E-state index contributed by atoms with van der Waals surface area (Å²) in [5.41, 5.74) is 5.82. The zero-order valence-corrected chi connectivity index (χ0v) is 8.08. The number of aromatic nitrogens is 2. The number of hydrogen-bond acceptors (Lipinski definition) is 3. The molecular weight excluding hydrogens is 180 g/mol. The highest BCUT2D eigenvalue weighted by Crippen LogP contribution is 2.32. The van der Waals surface area contributed by atoms with Gasteiger partial charge in [0.2, 0.25) is 0 Å². The van der Waals surface area contributed by atoms with Crippen LogP contribution in [0.25, 0.3) is 0 Å². The highest BCUT2D eigenvalue weighted by Gasteiger charge is 2.29. The second-order valence-corrected chi connectivity index (χ2v) is 3.81. The van der Waals surface area contributed by atoms with E-state index < -0.39 is 0 Å². The highest BCUT2D eigenvalue weighted by molar-refractivity contribution is 5.93. The van der Waals surface area contributed by atoms with Crippen molar-refractivity contribution in [2.75, 3.05) is 5.73 Å². The maximum Gasteiger partial charge on any atom is 0.269 e. The van der Waals surface area contributed by atoms with E-state index in [0.29, 0.717) is 17.4 Å². The summed E-state index contributed by atoms with van der Waals surface area (Å²) in [6, 6.07) is 1.78. The number of hydrogen-bond donors (Lipinski definition) is 3. The van der Waals surface area contributed by atoms with Gasteiger partial charge in [0.05, 0.1) is 0 Å². The number of rotatable bonds is 3. The molecule has 1 atom stereocenters. The van der Waals surface area contributed by atoms with Crippen LogP contribution in [0.15, 0.2) is 6.07 Å². The van der Waals surface area contributed by atoms with Crippen LogP contribution in [0.1, 0.15) is 30.3 Å². The number of amides is 1. The molecule has 0 aromatic carbocycles. The van der Waals surface area contributed by atoms with Crippen LogP contribution < -0.4 is 11.1 Å². The summed E-state index contributed by atoms with van der Waals surface area (Å²) in [6.07, 6.45) is 2.43. The molecule has 1 aromatic rings. The van der Waals surface area contributed by atoms with Gasteiger partial charge >= 0.3 is 0 Å². The van der Waals surface area contributed by atoms with E-state index in [0.717, 1.165) is 0 Å². The second-order valence-electron chi connectivity index (χ2n) is 3.81. The van der Waals surface area contributed by atoms with Crippen LogP contribution in [0.2, 0.25) is 0 Å². The van der Waals surface area contributed by atoms with Crippen LogP contribution in [0.5, 0.6) is 0 Å². The van der Waals surface area contributed by atoms with Crippen molar-refractivity contribution >= 4 is 11.7 Å². The minimum atomic E-state index is -0.131. The number of H-pyrrole nitrogens is 1. The first-order valence-corrected chi connectivity index (χ1v) is 4.78. The molecule has 0 bridgehead atoms. The van der Waals surface area contributed by atoms with E-state index in [1.807, 2.05) is 6.92 Å². The fourth-order valence-electron chi connectivity index (χ4n) is 1.45. The third-order valence-corrected chi connectivity index (χ3v) is 2.53. The molecule has 1 aliphatic rings. The fraction of sp³-hybridized carbons (Fsp3) is 0.556. The van der Waals surface area contributed by atoms with E-state index in [9.17, 15) is 4.79 Å². The Bertz CT molecular complexity index is 342. The number of carbonyl (C=O) groups excluding carboxylic acids is 1. The zero-order valence-electron chi connectivity index (χ0n) is 8.08. The number of nitrogens with one attached hydrogen (secondary N) is 2. The second kappa shape index (κ2) is 3.32. The van der Waals surface area contributed by atoms with Crippen LogP contribution in [-0.2, 0) is 0 Å². The molecule has 4 N–H and O–H groups in total. The van der Waals surface area contributed by atoms with Gasteiger partial charge < -0.3 is 11.1 Å². The lowest BCUT2D eigenvalue weighted by Crippen LogP contribution is -2.34. The molecule has 5 nitrogen and oxygen atoms in total. The van der Waals surface area contributed by atoms with Crippen molar-refractivity contribution in [2.24, 2.45) is 5.92 Å². The molecular formula is C9H14N4O. The van der Waals surface area contributed by atoms with Crippen molar-refractivity contribution in [2.45, 2.75) is 25.8 Å². The van der Waals surface area contributed by atoms with Gasteiger partial charge in [-0.25, -0.2) is 0 Å². The summed E-state index contributed by atoms with van der Waals surface area (Å²) in [5, 5.41) is 9.19. The Morgan fingerprint density at radius 1 is 1.79 bits per heavy atom. The smallest absolute Gasteiger partial charge is 0.269 e. The molecule has 76 valence electrons. The topological polar surface area (TPSA) is 83.8 Å². The number of anilines is 1. The summed E-state index contributed by atoms with van der Waals surface area (Å²) >= 11 is 0. The molecule has 1 heterocycles. The van der Waals surface area contributed by atoms with Gasteiger partial charge in [-0.15, -0.1) is 0 Å². The molecule has 1 fully saturated rings. The van der Waals surface area contributed by atoms with E-state index in [2.05, 4.69) is 15.5 Å². The van der Waals surface area contributed by atoms with Crippen molar-refractivity contribution in [3.05, 3.63) is 11.8 Å². The first kappa shape index (κ1) is 9.05. The van der Waals surface area contributed by atoms with Gasteiger partial charge in [-0.2, -0.15) is 5.10 Å². The Morgan fingerprint density at radius 2 is 2.50 bits per heavy atom. The van der Waals surface area contributed by atoms with Crippen molar-refractivity contribution < 1.29 is 4.79 Å². The molecule has 14 heavy (non-hydrogen) atoms. The van der Waals surface area contributed by atoms with Crippen molar-refractivity contribution in [1.29, 1.82) is 0 Å². The lowest BCUT2D eigenvalue weighted by Gasteiger charge is -2.10. The van der Waals surface area contributed by atoms with Crippen molar-refractivity contribution in [1.82, 2.24) is 15.5 Å². The third-order valence-electron chi connectivity index (χ3n) is 2.53. The maximum atomic E-state index is 11.6. The van der Waals surface area contributed by atoms with Crippen molar-refractivity contribution in [3.8, 4) is 0 Å². The number of nitrogens with zero attached hydrogens (tertiary/aromatic N) is 1. The molecule has 5 heteroatoms. The van der Waals surface area contributed by atoms with Gasteiger partial charge in [0.1, 0.15) is 11.5 Å². The van der Waals surface area contributed by atoms with Crippen LogP contribution >= 0.6 is 0 Å². The Labute approximate surface area is 82.1 Å². The van der Waals surface area contributed by atoms with Gasteiger partial charge in [0.25, 0.3) is 5.91 Å². The van der Waals surface area contributed by atoms with E-state index >= 15 is 0 Å². The minimum absolute atomic E-state index is 0.131. The van der Waals surface area contributed by atoms with Crippen LogP contribution in [-0.4, -0.2) is 22.1 Å². The van der Waals surface area contributed by atoms with Crippen molar-refractivity contribution in [3.63, 3.8) is 0 Å². The molecule has 1 aromatic heterocycles. The molecule has 0 aliphatic heterocycles. The Hall–Kier alpha value is -1.52. The monoisotopic (exact) mass is 194 g/mol. The number of nitrogen functional groups attached to an aromatic ring is 1. The molecule has 1 amide bonds. The first-order chi connectivity index (χ1) is 6.66. The molecule has 1 saturated carbocycles. The number of aromatic amines is 1. The zero-order chi connectivity index (χ0) is 10.1. The van der Waals surface area contributed by atoms with E-state index in [4.69, 9.17) is 5.73 Å². The average Bonchev–Trinajstić information content (AvgIpc) is 2.89. The van der Waals surface area contributed by atoms with Gasteiger partial charge in [0, 0.05) is 12.1 Å². The molecule has 0 spiro atoms. The summed E-state index contributed by atoms with van der Waals surface area (Å²) in [6.45, 7) is 2.02. The lowest BCUT2D eigenvalue weighted by atomic mass is 10.2. The SMILES string of the molecule is CC(NC(=O)c1cc(N)n[nH]1)C1CC1. The number of nitrogens with two attached hydrogens (primary N) is 1. The molecule has 0 radical (unpaired) electrons. The highest BCUT2D eigenvalue weighted by atomic mass is 16.2.